The van der Waals surface area contributed by atoms with Crippen molar-refractivity contribution in [2.24, 2.45) is 0 Å². The first kappa shape index (κ1) is 15.0. The smallest absolute Gasteiger partial charge is 0.243 e. The van der Waals surface area contributed by atoms with Gasteiger partial charge in [-0.15, -0.1) is 12.4 Å². The molecular formula is C13H19ClN2O2. The van der Waals surface area contributed by atoms with Crippen LogP contribution in [-0.2, 0) is 9.53 Å². The first-order chi connectivity index (χ1) is 8.16. The van der Waals surface area contributed by atoms with Gasteiger partial charge in [0.2, 0.25) is 5.91 Å². The number of carbonyl (C=O) groups excluding carboxylic acids is 1. The zero-order chi connectivity index (χ0) is 12.3. The molecule has 4 nitrogen and oxygen atoms in total. The summed E-state index contributed by atoms with van der Waals surface area (Å²) in [7, 11) is 0. The third-order valence-corrected chi connectivity index (χ3v) is 3.01. The normalized spacial score (nSPS) is 18.9. The third kappa shape index (κ3) is 3.70. The molecule has 0 bridgehead atoms. The SMILES string of the molecule is Cc1ccc(NC(=O)C2COCCN2)cc1C.Cl. The molecule has 5 heteroatoms. The number of nitrogens with one attached hydrogen (secondary N) is 2. The summed E-state index contributed by atoms with van der Waals surface area (Å²) in [6.07, 6.45) is 0. The molecule has 1 atom stereocenters. The van der Waals surface area contributed by atoms with E-state index in [9.17, 15) is 4.79 Å². The van der Waals surface area contributed by atoms with Crippen LogP contribution in [0.2, 0.25) is 0 Å². The molecule has 0 aliphatic carbocycles. The topological polar surface area (TPSA) is 50.4 Å². The second-order valence-electron chi connectivity index (χ2n) is 4.37. The van der Waals surface area contributed by atoms with Gasteiger partial charge in [-0.1, -0.05) is 6.07 Å². The van der Waals surface area contributed by atoms with Gasteiger partial charge in [-0.25, -0.2) is 0 Å². The lowest BCUT2D eigenvalue weighted by molar-refractivity contribution is -0.120. The van der Waals surface area contributed by atoms with Gasteiger partial charge >= 0.3 is 0 Å². The molecule has 18 heavy (non-hydrogen) atoms. The fourth-order valence-electron chi connectivity index (χ4n) is 1.78. The lowest BCUT2D eigenvalue weighted by Gasteiger charge is -2.23. The minimum Gasteiger partial charge on any atom is -0.378 e. The molecule has 100 valence electrons. The van der Waals surface area contributed by atoms with Gasteiger partial charge in [0.15, 0.2) is 0 Å². The summed E-state index contributed by atoms with van der Waals surface area (Å²) in [4.78, 5) is 11.9. The van der Waals surface area contributed by atoms with Crippen molar-refractivity contribution < 1.29 is 9.53 Å². The van der Waals surface area contributed by atoms with Crippen LogP contribution in [0.1, 0.15) is 11.1 Å². The van der Waals surface area contributed by atoms with E-state index in [-0.39, 0.29) is 24.4 Å². The van der Waals surface area contributed by atoms with Gasteiger partial charge in [-0.2, -0.15) is 0 Å². The molecule has 0 radical (unpaired) electrons. The van der Waals surface area contributed by atoms with Crippen LogP contribution in [0.15, 0.2) is 18.2 Å². The third-order valence-electron chi connectivity index (χ3n) is 3.01. The van der Waals surface area contributed by atoms with Crippen molar-refractivity contribution in [1.82, 2.24) is 5.32 Å². The quantitative estimate of drug-likeness (QED) is 0.859. The molecule has 1 aromatic rings. The van der Waals surface area contributed by atoms with E-state index in [1.807, 2.05) is 25.1 Å². The minimum absolute atomic E-state index is 0. The first-order valence-corrected chi connectivity index (χ1v) is 5.86. The maximum atomic E-state index is 11.9. The first-order valence-electron chi connectivity index (χ1n) is 5.86. The standard InChI is InChI=1S/C13H18N2O2.ClH/c1-9-3-4-11(7-10(9)2)15-13(16)12-8-17-6-5-14-12;/h3-4,7,12,14H,5-6,8H2,1-2H3,(H,15,16);1H. The Kier molecular flexibility index (Phi) is 5.59. The van der Waals surface area contributed by atoms with Crippen molar-refractivity contribution in [1.29, 1.82) is 0 Å². The molecule has 0 saturated carbocycles. The molecule has 2 rings (SSSR count). The molecule has 1 unspecified atom stereocenters. The van der Waals surface area contributed by atoms with E-state index in [1.165, 1.54) is 11.1 Å². The summed E-state index contributed by atoms with van der Waals surface area (Å²) in [5.74, 6) is -0.0343. The van der Waals surface area contributed by atoms with E-state index in [0.29, 0.717) is 13.2 Å². The van der Waals surface area contributed by atoms with Crippen LogP contribution in [0.25, 0.3) is 0 Å². The number of hydrogen-bond donors (Lipinski definition) is 2. The maximum absolute atomic E-state index is 11.9. The van der Waals surface area contributed by atoms with Crippen LogP contribution < -0.4 is 10.6 Å². The highest BCUT2D eigenvalue weighted by Crippen LogP contribution is 2.14. The Hall–Kier alpha value is -1.10. The Morgan fingerprint density at radius 2 is 2.17 bits per heavy atom. The average molecular weight is 271 g/mol. The van der Waals surface area contributed by atoms with Crippen LogP contribution in [0.3, 0.4) is 0 Å². The largest absolute Gasteiger partial charge is 0.378 e. The van der Waals surface area contributed by atoms with Gasteiger partial charge in [0.1, 0.15) is 6.04 Å². The van der Waals surface area contributed by atoms with Crippen LogP contribution in [0.4, 0.5) is 5.69 Å². The van der Waals surface area contributed by atoms with Crippen molar-refractivity contribution in [3.8, 4) is 0 Å². The summed E-state index contributed by atoms with van der Waals surface area (Å²) in [6, 6.07) is 5.67. The van der Waals surface area contributed by atoms with Gasteiger partial charge in [-0.3, -0.25) is 4.79 Å². The molecule has 1 amide bonds. The Bertz CT molecular complexity index is 417. The number of hydrogen-bond acceptors (Lipinski definition) is 3. The Labute approximate surface area is 114 Å². The highest BCUT2D eigenvalue weighted by molar-refractivity contribution is 5.95. The van der Waals surface area contributed by atoms with Crippen molar-refractivity contribution in [2.45, 2.75) is 19.9 Å². The number of carbonyl (C=O) groups is 1. The lowest BCUT2D eigenvalue weighted by atomic mass is 10.1. The van der Waals surface area contributed by atoms with Gasteiger partial charge in [0.05, 0.1) is 13.2 Å². The zero-order valence-corrected chi connectivity index (χ0v) is 11.5. The monoisotopic (exact) mass is 270 g/mol. The maximum Gasteiger partial charge on any atom is 0.243 e. The Morgan fingerprint density at radius 3 is 2.78 bits per heavy atom. The van der Waals surface area contributed by atoms with Gasteiger partial charge in [0, 0.05) is 12.2 Å². The van der Waals surface area contributed by atoms with Crippen molar-refractivity contribution in [3.63, 3.8) is 0 Å². The van der Waals surface area contributed by atoms with Gasteiger partial charge < -0.3 is 15.4 Å². The summed E-state index contributed by atoms with van der Waals surface area (Å²) in [6.45, 7) is 5.93. The summed E-state index contributed by atoms with van der Waals surface area (Å²) >= 11 is 0. The molecule has 0 spiro atoms. The molecule has 2 N–H and O–H groups in total. The molecule has 0 aromatic heterocycles. The molecule has 1 aromatic carbocycles. The van der Waals surface area contributed by atoms with E-state index >= 15 is 0 Å². The molecule has 1 heterocycles. The number of rotatable bonds is 2. The van der Waals surface area contributed by atoms with Crippen LogP contribution in [-0.4, -0.2) is 31.7 Å². The lowest BCUT2D eigenvalue weighted by Crippen LogP contribution is -2.48. The van der Waals surface area contributed by atoms with Gasteiger partial charge in [-0.05, 0) is 37.1 Å². The van der Waals surface area contributed by atoms with E-state index < -0.39 is 0 Å². The highest BCUT2D eigenvalue weighted by Gasteiger charge is 2.20. The molecule has 1 fully saturated rings. The number of amides is 1. The number of ether oxygens (including phenoxy) is 1. The second-order valence-corrected chi connectivity index (χ2v) is 4.37. The summed E-state index contributed by atoms with van der Waals surface area (Å²) < 4.78 is 5.26. The van der Waals surface area contributed by atoms with E-state index in [0.717, 1.165) is 12.2 Å². The van der Waals surface area contributed by atoms with Gasteiger partial charge in [0.25, 0.3) is 0 Å². The number of morpholine rings is 1. The van der Waals surface area contributed by atoms with E-state index in [4.69, 9.17) is 4.74 Å². The fourth-order valence-corrected chi connectivity index (χ4v) is 1.78. The zero-order valence-electron chi connectivity index (χ0n) is 10.7. The minimum atomic E-state index is -0.245. The summed E-state index contributed by atoms with van der Waals surface area (Å²) in [5.41, 5.74) is 3.24. The fraction of sp³-hybridized carbons (Fsp3) is 0.462. The van der Waals surface area contributed by atoms with Crippen molar-refractivity contribution >= 4 is 24.0 Å². The summed E-state index contributed by atoms with van der Waals surface area (Å²) in [5, 5.41) is 6.03. The molecule has 1 aliphatic rings. The Morgan fingerprint density at radius 1 is 1.39 bits per heavy atom. The van der Waals surface area contributed by atoms with Crippen LogP contribution >= 0.6 is 12.4 Å². The predicted octanol–water partition coefficient (Wildman–Crippen LogP) is 1.65. The second kappa shape index (κ2) is 6.73. The van der Waals surface area contributed by atoms with Crippen LogP contribution in [0.5, 0.6) is 0 Å². The number of halogens is 1. The Balaban J connectivity index is 0.00000162. The average Bonchev–Trinajstić information content (AvgIpc) is 2.35. The van der Waals surface area contributed by atoms with Crippen molar-refractivity contribution in [2.75, 3.05) is 25.1 Å². The van der Waals surface area contributed by atoms with Crippen LogP contribution in [0, 0.1) is 13.8 Å². The number of aryl methyl sites for hydroxylation is 2. The van der Waals surface area contributed by atoms with Crippen molar-refractivity contribution in [3.05, 3.63) is 29.3 Å². The molecular weight excluding hydrogens is 252 g/mol. The number of anilines is 1. The highest BCUT2D eigenvalue weighted by atomic mass is 35.5. The molecule has 1 aliphatic heterocycles. The van der Waals surface area contributed by atoms with E-state index in [1.54, 1.807) is 0 Å². The van der Waals surface area contributed by atoms with E-state index in [2.05, 4.69) is 17.6 Å². The number of benzene rings is 1. The predicted molar refractivity (Wildman–Crippen MR) is 74.4 cm³/mol. The molecule has 1 saturated heterocycles.